The van der Waals surface area contributed by atoms with E-state index in [-0.39, 0.29) is 88.1 Å². The summed E-state index contributed by atoms with van der Waals surface area (Å²) in [6.07, 6.45) is 19.4. The van der Waals surface area contributed by atoms with Gasteiger partial charge in [-0.25, -0.2) is 4.79 Å². The molecule has 0 aromatic rings. The molecule has 0 spiro atoms. The van der Waals surface area contributed by atoms with E-state index in [0.717, 1.165) is 38.5 Å². The molecular formula is C37H69N3O12S. The van der Waals surface area contributed by atoms with Crippen molar-refractivity contribution in [1.29, 1.82) is 0 Å². The summed E-state index contributed by atoms with van der Waals surface area (Å²) in [5, 5.41) is 26.1. The van der Waals surface area contributed by atoms with E-state index < -0.39 is 28.9 Å². The van der Waals surface area contributed by atoms with E-state index in [1.54, 1.807) is 0 Å². The van der Waals surface area contributed by atoms with Gasteiger partial charge in [0.25, 0.3) is 0 Å². The van der Waals surface area contributed by atoms with Crippen LogP contribution in [-0.4, -0.2) is 129 Å². The van der Waals surface area contributed by atoms with Gasteiger partial charge in [0.05, 0.1) is 39.6 Å². The van der Waals surface area contributed by atoms with Gasteiger partial charge in [-0.1, -0.05) is 77.0 Å². The summed E-state index contributed by atoms with van der Waals surface area (Å²) in [7, 11) is -0.643. The molecular weight excluding hydrogens is 710 g/mol. The molecule has 0 radical (unpaired) electrons. The van der Waals surface area contributed by atoms with Crippen LogP contribution >= 0.6 is 10.9 Å². The Morgan fingerprint density at radius 3 is 1.42 bits per heavy atom. The number of carboxylic acid groups (broad SMARTS) is 2. The molecule has 0 unspecified atom stereocenters. The third-order valence-corrected chi connectivity index (χ3v) is 9.30. The van der Waals surface area contributed by atoms with E-state index in [4.69, 9.17) is 24.1 Å². The first-order valence-corrected chi connectivity index (χ1v) is 21.5. The zero-order chi connectivity index (χ0) is 39.4. The van der Waals surface area contributed by atoms with E-state index >= 15 is 0 Å². The van der Waals surface area contributed by atoms with E-state index in [0.29, 0.717) is 32.8 Å². The molecule has 16 heteroatoms. The molecule has 0 aromatic heterocycles. The van der Waals surface area contributed by atoms with Crippen molar-refractivity contribution in [2.75, 3.05) is 78.5 Å². The van der Waals surface area contributed by atoms with Gasteiger partial charge in [0.15, 0.2) is 5.12 Å². The minimum Gasteiger partial charge on any atom is -0.481 e. The van der Waals surface area contributed by atoms with E-state index in [2.05, 4.69) is 16.0 Å². The first-order valence-electron chi connectivity index (χ1n) is 19.3. The largest absolute Gasteiger partial charge is 0.481 e. The smallest absolute Gasteiger partial charge is 0.326 e. The molecule has 0 bridgehead atoms. The number of aliphatic carboxylic acids is 2. The quantitative estimate of drug-likeness (QED) is 0.0391. The van der Waals surface area contributed by atoms with E-state index in [9.17, 15) is 33.9 Å². The molecule has 0 rings (SSSR count). The Bertz CT molecular complexity index is 1000. The highest BCUT2D eigenvalue weighted by atomic mass is 32.2. The second kappa shape index (κ2) is 36.2. The first kappa shape index (κ1) is 50.2. The van der Waals surface area contributed by atoms with Crippen LogP contribution in [0.15, 0.2) is 0 Å². The predicted octanol–water partition coefficient (Wildman–Crippen LogP) is 3.75. The molecule has 0 aliphatic rings. The number of ether oxygens (including phenoxy) is 4. The van der Waals surface area contributed by atoms with Gasteiger partial charge in [0.1, 0.15) is 19.3 Å². The Balaban J connectivity index is 3.66. The van der Waals surface area contributed by atoms with Crippen molar-refractivity contribution >= 4 is 45.7 Å². The second-order valence-electron chi connectivity index (χ2n) is 13.2. The zero-order valence-electron chi connectivity index (χ0n) is 32.3. The summed E-state index contributed by atoms with van der Waals surface area (Å²) in [6.45, 7) is 2.09. The average Bonchev–Trinajstić information content (AvgIpc) is 3.11. The maximum atomic E-state index is 12.3. The van der Waals surface area contributed by atoms with Gasteiger partial charge in [0.2, 0.25) is 17.7 Å². The highest BCUT2D eigenvalue weighted by Gasteiger charge is 2.20. The Morgan fingerprint density at radius 1 is 0.509 bits per heavy atom. The van der Waals surface area contributed by atoms with Gasteiger partial charge in [0, 0.05) is 32.4 Å². The highest BCUT2D eigenvalue weighted by molar-refractivity contribution is 8.28. The topological polar surface area (TPSA) is 216 Å². The standard InChI is InChI=1S/C37H69N3O12S/c1-53(2)36(46)30-52-28-26-50-24-22-39-34(43)29-51-27-25-49-23-21-38-32(41)20-19-31(37(47)48)40-33(42)17-15-13-11-9-7-5-3-4-6-8-10-12-14-16-18-35(44)45/h31,53H,3-30H2,1-2H3,(H,38,41)(H,39,43)(H,40,42)(H,44,45)(H,47,48)/t31-/m0/s1. The molecule has 1 atom stereocenters. The summed E-state index contributed by atoms with van der Waals surface area (Å²) in [4.78, 5) is 69.8. The van der Waals surface area contributed by atoms with Crippen molar-refractivity contribution in [3.8, 4) is 0 Å². The van der Waals surface area contributed by atoms with Crippen LogP contribution in [0.3, 0.4) is 0 Å². The lowest BCUT2D eigenvalue weighted by molar-refractivity contribution is -0.142. The molecule has 15 nitrogen and oxygen atoms in total. The lowest BCUT2D eigenvalue weighted by Gasteiger charge is -2.14. The van der Waals surface area contributed by atoms with Crippen molar-refractivity contribution in [3.05, 3.63) is 0 Å². The molecule has 0 saturated heterocycles. The normalized spacial score (nSPS) is 11.8. The van der Waals surface area contributed by atoms with Crippen LogP contribution in [-0.2, 0) is 47.7 Å². The van der Waals surface area contributed by atoms with Gasteiger partial charge in [-0.2, -0.15) is 10.9 Å². The lowest BCUT2D eigenvalue weighted by Crippen LogP contribution is -2.41. The zero-order valence-corrected chi connectivity index (χ0v) is 33.2. The Hall–Kier alpha value is -2.79. The number of hydrogen-bond acceptors (Lipinski definition) is 10. The number of carboxylic acids is 2. The van der Waals surface area contributed by atoms with E-state index in [1.165, 1.54) is 44.9 Å². The Morgan fingerprint density at radius 2 is 0.943 bits per heavy atom. The number of amides is 3. The number of carbonyl (C=O) groups is 6. The molecule has 0 aliphatic heterocycles. The summed E-state index contributed by atoms with van der Waals surface area (Å²) >= 11 is 0. The number of carbonyl (C=O) groups excluding carboxylic acids is 4. The molecule has 5 N–H and O–H groups in total. The predicted molar refractivity (Wildman–Crippen MR) is 205 cm³/mol. The molecule has 310 valence electrons. The number of nitrogens with one attached hydrogen (secondary N) is 3. The lowest BCUT2D eigenvalue weighted by atomic mass is 10.0. The van der Waals surface area contributed by atoms with Crippen LogP contribution in [0, 0.1) is 0 Å². The SMILES string of the molecule is C[SH](C)C(=O)COCCOCCNC(=O)COCCOCCNC(=O)CC[C@H](NC(=O)CCCCCCCCCCCCCCCCC(=O)O)C(=O)O. The monoisotopic (exact) mass is 779 g/mol. The summed E-state index contributed by atoms with van der Waals surface area (Å²) in [5.74, 6) is -2.85. The van der Waals surface area contributed by atoms with Gasteiger partial charge in [-0.3, -0.25) is 24.0 Å². The van der Waals surface area contributed by atoms with Crippen molar-refractivity contribution in [2.24, 2.45) is 0 Å². The first-order chi connectivity index (χ1) is 25.5. The van der Waals surface area contributed by atoms with Crippen LogP contribution in [0.25, 0.3) is 0 Å². The van der Waals surface area contributed by atoms with Crippen LogP contribution < -0.4 is 16.0 Å². The summed E-state index contributed by atoms with van der Waals surface area (Å²) in [5.41, 5.74) is 0. The van der Waals surface area contributed by atoms with Crippen molar-refractivity contribution in [2.45, 2.75) is 122 Å². The van der Waals surface area contributed by atoms with Crippen molar-refractivity contribution in [1.82, 2.24) is 16.0 Å². The van der Waals surface area contributed by atoms with Gasteiger partial charge < -0.3 is 45.1 Å². The molecule has 0 saturated carbocycles. The van der Waals surface area contributed by atoms with Crippen LogP contribution in [0.4, 0.5) is 0 Å². The van der Waals surface area contributed by atoms with Crippen LogP contribution in [0.5, 0.6) is 0 Å². The van der Waals surface area contributed by atoms with Crippen LogP contribution in [0.2, 0.25) is 0 Å². The Kier molecular flexibility index (Phi) is 34.3. The second-order valence-corrected chi connectivity index (χ2v) is 15.4. The average molecular weight is 780 g/mol. The number of thiol groups is 1. The summed E-state index contributed by atoms with van der Waals surface area (Å²) in [6, 6.07) is -1.13. The fourth-order valence-electron chi connectivity index (χ4n) is 5.04. The minimum atomic E-state index is -1.18. The van der Waals surface area contributed by atoms with Gasteiger partial charge >= 0.3 is 11.9 Å². The summed E-state index contributed by atoms with van der Waals surface area (Å²) < 4.78 is 21.2. The fraction of sp³-hybridized carbons (Fsp3) is 0.838. The van der Waals surface area contributed by atoms with Gasteiger partial charge in [-0.05, 0) is 31.8 Å². The molecule has 0 aliphatic carbocycles. The molecule has 3 amide bonds. The number of unbranched alkanes of at least 4 members (excludes halogenated alkanes) is 13. The van der Waals surface area contributed by atoms with Crippen LogP contribution in [0.1, 0.15) is 116 Å². The maximum Gasteiger partial charge on any atom is 0.326 e. The third kappa shape index (κ3) is 36.0. The number of rotatable bonds is 38. The van der Waals surface area contributed by atoms with Crippen molar-refractivity contribution < 1.29 is 57.9 Å². The Labute approximate surface area is 319 Å². The molecule has 0 fully saturated rings. The molecule has 0 heterocycles. The molecule has 0 aromatic carbocycles. The number of hydrogen-bond donors (Lipinski definition) is 6. The van der Waals surface area contributed by atoms with Gasteiger partial charge in [-0.15, -0.1) is 0 Å². The van der Waals surface area contributed by atoms with E-state index in [1.807, 2.05) is 12.5 Å². The maximum absolute atomic E-state index is 12.3. The minimum absolute atomic E-state index is 0.0157. The fourth-order valence-corrected chi connectivity index (χ4v) is 5.39. The van der Waals surface area contributed by atoms with Crippen molar-refractivity contribution in [3.63, 3.8) is 0 Å². The third-order valence-electron chi connectivity index (χ3n) is 8.18. The molecule has 53 heavy (non-hydrogen) atoms. The highest BCUT2D eigenvalue weighted by Crippen LogP contribution is 2.15.